The molecule has 0 aromatic heterocycles. The summed E-state index contributed by atoms with van der Waals surface area (Å²) < 4.78 is 18.4. The molecule has 0 radical (unpaired) electrons. The minimum absolute atomic E-state index is 0.164. The Morgan fingerprint density at radius 3 is 2.60 bits per heavy atom. The van der Waals surface area contributed by atoms with Crippen LogP contribution in [0.4, 0.5) is 4.39 Å². The molecule has 15 heavy (non-hydrogen) atoms. The molecule has 80 valence electrons. The quantitative estimate of drug-likeness (QED) is 0.561. The molecule has 1 atom stereocenters. The molecule has 0 aliphatic rings. The Hall–Kier alpha value is -1.64. The molecule has 0 N–H and O–H groups in total. The molecule has 2 nitrogen and oxygen atoms in total. The summed E-state index contributed by atoms with van der Waals surface area (Å²) >= 11 is 0. The second-order valence-corrected chi connectivity index (χ2v) is 3.02. The summed E-state index contributed by atoms with van der Waals surface area (Å²) in [4.78, 5) is 11.2. The fourth-order valence-electron chi connectivity index (χ4n) is 1.15. The molecule has 0 aliphatic carbocycles. The molecule has 0 saturated carbocycles. The van der Waals surface area contributed by atoms with Gasteiger partial charge in [-0.2, -0.15) is 0 Å². The Kier molecular flexibility index (Phi) is 4.03. The third-order valence-electron chi connectivity index (χ3n) is 1.94. The van der Waals surface area contributed by atoms with Crippen LogP contribution in [0.5, 0.6) is 0 Å². The highest BCUT2D eigenvalue weighted by atomic mass is 19.1. The highest BCUT2D eigenvalue weighted by molar-refractivity contribution is 5.89. The second-order valence-electron chi connectivity index (χ2n) is 3.02. The van der Waals surface area contributed by atoms with Crippen molar-refractivity contribution < 1.29 is 13.9 Å². The third kappa shape index (κ3) is 2.91. The highest BCUT2D eigenvalue weighted by Gasteiger charge is 2.20. The standard InChI is InChI=1S/C12H13FO2/c1-3-15-12(14)9(2)11(13)10-7-5-4-6-8-10/h4-8,11H,2-3H2,1H3. The molecular formula is C12H13FO2. The van der Waals surface area contributed by atoms with Crippen LogP contribution in [0, 0.1) is 0 Å². The van der Waals surface area contributed by atoms with E-state index in [-0.39, 0.29) is 12.2 Å². The number of benzene rings is 1. The summed E-state index contributed by atoms with van der Waals surface area (Å²) in [6.45, 7) is 5.29. The SMILES string of the molecule is C=C(C(=O)OCC)C(F)c1ccccc1. The van der Waals surface area contributed by atoms with Crippen LogP contribution in [-0.2, 0) is 9.53 Å². The minimum Gasteiger partial charge on any atom is -0.463 e. The number of halogens is 1. The summed E-state index contributed by atoms with van der Waals surface area (Å²) in [5.74, 6) is -0.686. The minimum atomic E-state index is -1.50. The van der Waals surface area contributed by atoms with Crippen molar-refractivity contribution in [1.82, 2.24) is 0 Å². The molecule has 0 fully saturated rings. The summed E-state index contributed by atoms with van der Waals surface area (Å²) in [5, 5.41) is 0. The molecule has 0 bridgehead atoms. The van der Waals surface area contributed by atoms with E-state index in [4.69, 9.17) is 0 Å². The molecule has 0 heterocycles. The monoisotopic (exact) mass is 208 g/mol. The zero-order chi connectivity index (χ0) is 11.3. The van der Waals surface area contributed by atoms with E-state index in [0.29, 0.717) is 5.56 Å². The van der Waals surface area contributed by atoms with Gasteiger partial charge in [0, 0.05) is 0 Å². The summed E-state index contributed by atoms with van der Waals surface area (Å²) in [6, 6.07) is 8.41. The Morgan fingerprint density at radius 1 is 1.47 bits per heavy atom. The van der Waals surface area contributed by atoms with Crippen molar-refractivity contribution in [1.29, 1.82) is 0 Å². The number of esters is 1. The lowest BCUT2D eigenvalue weighted by Gasteiger charge is -2.10. The molecular weight excluding hydrogens is 195 g/mol. The lowest BCUT2D eigenvalue weighted by molar-refractivity contribution is -0.139. The van der Waals surface area contributed by atoms with Gasteiger partial charge in [-0.3, -0.25) is 0 Å². The zero-order valence-corrected chi connectivity index (χ0v) is 8.57. The summed E-state index contributed by atoms with van der Waals surface area (Å²) in [7, 11) is 0. The van der Waals surface area contributed by atoms with Crippen LogP contribution in [0.15, 0.2) is 42.5 Å². The third-order valence-corrected chi connectivity index (χ3v) is 1.94. The van der Waals surface area contributed by atoms with E-state index in [2.05, 4.69) is 11.3 Å². The average Bonchev–Trinajstić information content (AvgIpc) is 2.28. The number of hydrogen-bond acceptors (Lipinski definition) is 2. The normalized spacial score (nSPS) is 11.9. The number of carbonyl (C=O) groups excluding carboxylic acids is 1. The van der Waals surface area contributed by atoms with E-state index >= 15 is 0 Å². The van der Waals surface area contributed by atoms with Crippen molar-refractivity contribution in [2.45, 2.75) is 13.1 Å². The molecule has 0 spiro atoms. The molecule has 0 aliphatic heterocycles. The Labute approximate surface area is 88.4 Å². The van der Waals surface area contributed by atoms with Gasteiger partial charge in [0.15, 0.2) is 6.17 Å². The van der Waals surface area contributed by atoms with Crippen molar-refractivity contribution in [3.8, 4) is 0 Å². The maximum Gasteiger partial charge on any atom is 0.336 e. The molecule has 0 saturated heterocycles. The van der Waals surface area contributed by atoms with Gasteiger partial charge in [-0.1, -0.05) is 36.9 Å². The van der Waals surface area contributed by atoms with Crippen LogP contribution in [0.3, 0.4) is 0 Å². The molecule has 1 aromatic rings. The van der Waals surface area contributed by atoms with Crippen LogP contribution in [-0.4, -0.2) is 12.6 Å². The van der Waals surface area contributed by atoms with Crippen molar-refractivity contribution in [2.75, 3.05) is 6.61 Å². The fraction of sp³-hybridized carbons (Fsp3) is 0.250. The van der Waals surface area contributed by atoms with E-state index in [1.165, 1.54) is 0 Å². The van der Waals surface area contributed by atoms with E-state index in [1.807, 2.05) is 0 Å². The van der Waals surface area contributed by atoms with E-state index in [1.54, 1.807) is 37.3 Å². The largest absolute Gasteiger partial charge is 0.463 e. The van der Waals surface area contributed by atoms with Gasteiger partial charge >= 0.3 is 5.97 Å². The molecule has 1 rings (SSSR count). The van der Waals surface area contributed by atoms with Crippen molar-refractivity contribution in [2.24, 2.45) is 0 Å². The van der Waals surface area contributed by atoms with Crippen molar-refractivity contribution >= 4 is 5.97 Å². The molecule has 1 aromatic carbocycles. The first-order chi connectivity index (χ1) is 7.16. The molecule has 1 unspecified atom stereocenters. The van der Waals surface area contributed by atoms with Gasteiger partial charge in [0.1, 0.15) is 0 Å². The second kappa shape index (κ2) is 5.29. The van der Waals surface area contributed by atoms with Gasteiger partial charge < -0.3 is 4.74 Å². The first-order valence-electron chi connectivity index (χ1n) is 4.71. The zero-order valence-electron chi connectivity index (χ0n) is 8.57. The lowest BCUT2D eigenvalue weighted by atomic mass is 10.0. The van der Waals surface area contributed by atoms with Gasteiger partial charge in [0.05, 0.1) is 12.2 Å². The van der Waals surface area contributed by atoms with Crippen LogP contribution in [0.2, 0.25) is 0 Å². The van der Waals surface area contributed by atoms with Gasteiger partial charge in [0.2, 0.25) is 0 Å². The van der Waals surface area contributed by atoms with Gasteiger partial charge in [-0.25, -0.2) is 9.18 Å². The number of ether oxygens (including phenoxy) is 1. The predicted molar refractivity (Wildman–Crippen MR) is 56.1 cm³/mol. The van der Waals surface area contributed by atoms with Crippen molar-refractivity contribution in [3.05, 3.63) is 48.0 Å². The van der Waals surface area contributed by atoms with E-state index in [9.17, 15) is 9.18 Å². The highest BCUT2D eigenvalue weighted by Crippen LogP contribution is 2.25. The fourth-order valence-corrected chi connectivity index (χ4v) is 1.15. The Morgan fingerprint density at radius 2 is 2.07 bits per heavy atom. The topological polar surface area (TPSA) is 26.3 Å². The van der Waals surface area contributed by atoms with Crippen LogP contribution in [0.1, 0.15) is 18.7 Å². The number of hydrogen-bond donors (Lipinski definition) is 0. The van der Waals surface area contributed by atoms with Gasteiger partial charge in [-0.15, -0.1) is 0 Å². The lowest BCUT2D eigenvalue weighted by Crippen LogP contribution is -2.11. The van der Waals surface area contributed by atoms with Gasteiger partial charge in [0.25, 0.3) is 0 Å². The van der Waals surface area contributed by atoms with Crippen molar-refractivity contribution in [3.63, 3.8) is 0 Å². The maximum atomic E-state index is 13.7. The summed E-state index contributed by atoms with van der Waals surface area (Å²) in [5.41, 5.74) is 0.249. The summed E-state index contributed by atoms with van der Waals surface area (Å²) in [6.07, 6.45) is -1.50. The van der Waals surface area contributed by atoms with E-state index < -0.39 is 12.1 Å². The van der Waals surface area contributed by atoms with Crippen LogP contribution in [0.25, 0.3) is 0 Å². The molecule has 3 heteroatoms. The number of alkyl halides is 1. The smallest absolute Gasteiger partial charge is 0.336 e. The first-order valence-corrected chi connectivity index (χ1v) is 4.71. The van der Waals surface area contributed by atoms with Crippen LogP contribution >= 0.6 is 0 Å². The van der Waals surface area contributed by atoms with E-state index in [0.717, 1.165) is 0 Å². The predicted octanol–water partition coefficient (Wildman–Crippen LogP) is 2.82. The Balaban J connectivity index is 2.73. The number of carbonyl (C=O) groups is 1. The average molecular weight is 208 g/mol. The van der Waals surface area contributed by atoms with Gasteiger partial charge in [-0.05, 0) is 12.5 Å². The number of rotatable bonds is 4. The van der Waals surface area contributed by atoms with Crippen LogP contribution < -0.4 is 0 Å². The molecule has 0 amide bonds. The first kappa shape index (κ1) is 11.4. The Bertz CT molecular complexity index is 346. The maximum absolute atomic E-state index is 13.7.